The molecule has 0 saturated heterocycles. The molecule has 0 bridgehead atoms. The second-order valence-electron chi connectivity index (χ2n) is 8.11. The average Bonchev–Trinajstić information content (AvgIpc) is 3.49. The van der Waals surface area contributed by atoms with Gasteiger partial charge >= 0.3 is 0 Å². The summed E-state index contributed by atoms with van der Waals surface area (Å²) in [6, 6.07) is 10.4. The first-order valence-corrected chi connectivity index (χ1v) is 13.0. The normalized spacial score (nSPS) is 13.8. The summed E-state index contributed by atoms with van der Waals surface area (Å²) in [5.74, 6) is -0.128. The van der Waals surface area contributed by atoms with E-state index in [9.17, 15) is 10.1 Å². The van der Waals surface area contributed by atoms with Crippen molar-refractivity contribution in [2.75, 3.05) is 5.32 Å². The lowest BCUT2D eigenvalue weighted by Crippen LogP contribution is -2.25. The molecular formula is C24H24N6OS2. The molecule has 5 rings (SSSR count). The molecule has 3 aromatic heterocycles. The van der Waals surface area contributed by atoms with E-state index in [0.29, 0.717) is 22.1 Å². The fraction of sp³-hybridized carbons (Fsp3) is 0.375. The Morgan fingerprint density at radius 3 is 2.94 bits per heavy atom. The number of thiophene rings is 1. The number of carbonyl (C=O) groups excluding carboxylic acids is 1. The number of aryl methyl sites for hydroxylation is 2. The molecule has 1 atom stereocenters. The molecule has 9 heteroatoms. The smallest absolute Gasteiger partial charge is 0.238 e. The molecule has 0 radical (unpaired) electrons. The molecule has 1 N–H and O–H groups in total. The van der Waals surface area contributed by atoms with Gasteiger partial charge in [0.25, 0.3) is 0 Å². The van der Waals surface area contributed by atoms with Gasteiger partial charge < -0.3 is 9.88 Å². The first-order valence-electron chi connectivity index (χ1n) is 11.3. The largest absolute Gasteiger partial charge is 0.324 e. The molecule has 0 fully saturated rings. The third kappa shape index (κ3) is 3.87. The van der Waals surface area contributed by atoms with Crippen LogP contribution in [0, 0.1) is 11.3 Å². The zero-order valence-electron chi connectivity index (χ0n) is 18.6. The number of thioether (sulfide) groups is 1. The number of nitriles is 1. The summed E-state index contributed by atoms with van der Waals surface area (Å²) in [6.45, 7) is 4.94. The van der Waals surface area contributed by atoms with Crippen LogP contribution in [0.4, 0.5) is 5.00 Å². The van der Waals surface area contributed by atoms with Crippen LogP contribution in [0.25, 0.3) is 22.1 Å². The molecular weight excluding hydrogens is 452 g/mol. The molecule has 168 valence electrons. The van der Waals surface area contributed by atoms with E-state index < -0.39 is 0 Å². The summed E-state index contributed by atoms with van der Waals surface area (Å²) in [5, 5.41) is 23.3. The van der Waals surface area contributed by atoms with Crippen LogP contribution in [0.1, 0.15) is 49.1 Å². The minimum Gasteiger partial charge on any atom is -0.324 e. The third-order valence-corrected chi connectivity index (χ3v) is 8.41. The molecule has 3 heterocycles. The van der Waals surface area contributed by atoms with Crippen molar-refractivity contribution in [2.24, 2.45) is 0 Å². The van der Waals surface area contributed by atoms with Crippen molar-refractivity contribution in [1.29, 1.82) is 5.26 Å². The topological polar surface area (TPSA) is 96.5 Å². The Morgan fingerprint density at radius 2 is 2.15 bits per heavy atom. The van der Waals surface area contributed by atoms with Gasteiger partial charge in [0.15, 0.2) is 5.65 Å². The lowest BCUT2D eigenvalue weighted by Gasteiger charge is -2.13. The van der Waals surface area contributed by atoms with Gasteiger partial charge in [0.1, 0.15) is 16.6 Å². The summed E-state index contributed by atoms with van der Waals surface area (Å²) in [5.41, 5.74) is 4.42. The Labute approximate surface area is 200 Å². The van der Waals surface area contributed by atoms with E-state index in [1.54, 1.807) is 0 Å². The Bertz CT molecular complexity index is 1400. The molecule has 1 amide bonds. The average molecular weight is 477 g/mol. The van der Waals surface area contributed by atoms with Gasteiger partial charge in [-0.2, -0.15) is 5.26 Å². The van der Waals surface area contributed by atoms with Gasteiger partial charge in [0.2, 0.25) is 11.1 Å². The van der Waals surface area contributed by atoms with Crippen LogP contribution in [-0.4, -0.2) is 30.9 Å². The lowest BCUT2D eigenvalue weighted by atomic mass is 10.1. The number of fused-ring (bicyclic) bond motifs is 4. The highest BCUT2D eigenvalue weighted by Crippen LogP contribution is 2.39. The number of para-hydroxylation sites is 1. The molecule has 33 heavy (non-hydrogen) atoms. The van der Waals surface area contributed by atoms with E-state index >= 15 is 0 Å². The zero-order chi connectivity index (χ0) is 22.9. The number of benzene rings is 1. The van der Waals surface area contributed by atoms with Crippen LogP contribution in [-0.2, 0) is 24.2 Å². The highest BCUT2D eigenvalue weighted by molar-refractivity contribution is 8.00. The van der Waals surface area contributed by atoms with Crippen LogP contribution < -0.4 is 5.32 Å². The predicted octanol–water partition coefficient (Wildman–Crippen LogP) is 5.32. The van der Waals surface area contributed by atoms with Crippen LogP contribution in [0.5, 0.6) is 0 Å². The van der Waals surface area contributed by atoms with Gasteiger partial charge in [0, 0.05) is 16.8 Å². The molecule has 0 aliphatic heterocycles. The number of hydrogen-bond acceptors (Lipinski definition) is 7. The highest BCUT2D eigenvalue weighted by Gasteiger charge is 2.26. The Hall–Kier alpha value is -2.96. The Morgan fingerprint density at radius 1 is 1.30 bits per heavy atom. The molecule has 0 saturated carbocycles. The van der Waals surface area contributed by atoms with Gasteiger partial charge in [0.05, 0.1) is 16.3 Å². The fourth-order valence-corrected chi connectivity index (χ4v) is 6.50. The molecule has 1 aliphatic carbocycles. The van der Waals surface area contributed by atoms with Crippen molar-refractivity contribution in [3.05, 3.63) is 40.3 Å². The van der Waals surface area contributed by atoms with E-state index in [2.05, 4.69) is 39.1 Å². The minimum absolute atomic E-state index is 0.128. The van der Waals surface area contributed by atoms with Gasteiger partial charge in [-0.3, -0.25) is 4.79 Å². The maximum absolute atomic E-state index is 13.1. The van der Waals surface area contributed by atoms with Crippen LogP contribution >= 0.6 is 23.1 Å². The van der Waals surface area contributed by atoms with Gasteiger partial charge in [-0.15, -0.1) is 21.5 Å². The fourth-order valence-electron chi connectivity index (χ4n) is 4.44. The summed E-state index contributed by atoms with van der Waals surface area (Å²) in [7, 11) is 0. The molecule has 1 unspecified atom stereocenters. The number of aromatic nitrogens is 4. The number of hydrogen-bond donors (Lipinski definition) is 1. The quantitative estimate of drug-likeness (QED) is 0.363. The van der Waals surface area contributed by atoms with Crippen molar-refractivity contribution < 1.29 is 4.79 Å². The van der Waals surface area contributed by atoms with Crippen LogP contribution in [0.2, 0.25) is 0 Å². The van der Waals surface area contributed by atoms with Crippen molar-refractivity contribution >= 4 is 56.1 Å². The zero-order valence-corrected chi connectivity index (χ0v) is 20.2. The van der Waals surface area contributed by atoms with E-state index in [4.69, 9.17) is 4.98 Å². The van der Waals surface area contributed by atoms with E-state index in [-0.39, 0.29) is 11.2 Å². The number of amides is 1. The summed E-state index contributed by atoms with van der Waals surface area (Å²) >= 11 is 2.86. The molecule has 1 aromatic carbocycles. The van der Waals surface area contributed by atoms with E-state index in [1.165, 1.54) is 28.0 Å². The second kappa shape index (κ2) is 9.12. The second-order valence-corrected chi connectivity index (χ2v) is 10.4. The standard InChI is InChI=1S/C24H24N6OS2/c1-3-12-30-17-10-6-5-8-15(17)20-21(30)26-24(29-28-20)33-18(4-2)22(31)27-23-16(13-25)14-9-7-11-19(14)32-23/h5-6,8,10,18H,3-4,7,9,11-12H2,1-2H3,(H,27,31). The third-order valence-electron chi connectivity index (χ3n) is 5.98. The van der Waals surface area contributed by atoms with Crippen LogP contribution in [0.15, 0.2) is 29.4 Å². The number of nitrogens with zero attached hydrogens (tertiary/aromatic N) is 5. The van der Waals surface area contributed by atoms with E-state index in [1.807, 2.05) is 25.1 Å². The van der Waals surface area contributed by atoms with Gasteiger partial charge in [-0.1, -0.05) is 43.8 Å². The number of anilines is 1. The monoisotopic (exact) mass is 476 g/mol. The van der Waals surface area contributed by atoms with Crippen molar-refractivity contribution in [3.8, 4) is 6.07 Å². The SMILES string of the molecule is CCCn1c2ccccc2c2nnc(SC(CC)C(=O)Nc3sc4c(c3C#N)CCC4)nc21. The Kier molecular flexibility index (Phi) is 6.04. The summed E-state index contributed by atoms with van der Waals surface area (Å²) in [6.07, 6.45) is 4.58. The van der Waals surface area contributed by atoms with E-state index in [0.717, 1.165) is 59.9 Å². The lowest BCUT2D eigenvalue weighted by molar-refractivity contribution is -0.115. The highest BCUT2D eigenvalue weighted by atomic mass is 32.2. The first kappa shape index (κ1) is 21.9. The molecule has 1 aliphatic rings. The summed E-state index contributed by atoms with van der Waals surface area (Å²) in [4.78, 5) is 19.1. The molecule has 0 spiro atoms. The molecule has 4 aromatic rings. The van der Waals surface area contributed by atoms with Crippen molar-refractivity contribution in [1.82, 2.24) is 19.7 Å². The Balaban J connectivity index is 1.42. The van der Waals surface area contributed by atoms with Crippen LogP contribution in [0.3, 0.4) is 0 Å². The maximum Gasteiger partial charge on any atom is 0.238 e. The predicted molar refractivity (Wildman–Crippen MR) is 133 cm³/mol. The summed E-state index contributed by atoms with van der Waals surface area (Å²) < 4.78 is 2.18. The van der Waals surface area contributed by atoms with Crippen molar-refractivity contribution in [2.45, 2.75) is 62.9 Å². The maximum atomic E-state index is 13.1. The number of rotatable bonds is 7. The first-order chi connectivity index (χ1) is 16.1. The number of carbonyl (C=O) groups is 1. The van der Waals surface area contributed by atoms with Crippen molar-refractivity contribution in [3.63, 3.8) is 0 Å². The minimum atomic E-state index is -0.378. The van der Waals surface area contributed by atoms with Gasteiger partial charge in [-0.05, 0) is 43.7 Å². The molecule has 7 nitrogen and oxygen atoms in total. The van der Waals surface area contributed by atoms with Gasteiger partial charge in [-0.25, -0.2) is 4.98 Å². The number of nitrogens with one attached hydrogen (secondary N) is 1.